The first kappa shape index (κ1) is 24.5. The number of anilines is 1. The molecular formula is C24H23F2N5O3S. The first-order valence-corrected chi connectivity index (χ1v) is 12.7. The minimum Gasteiger partial charge on any atom is -0.363 e. The zero-order valence-electron chi connectivity index (χ0n) is 19.1. The van der Waals surface area contributed by atoms with Crippen molar-refractivity contribution in [3.05, 3.63) is 69.3 Å². The van der Waals surface area contributed by atoms with E-state index in [1.165, 1.54) is 23.0 Å². The molecule has 8 nitrogen and oxygen atoms in total. The van der Waals surface area contributed by atoms with E-state index in [9.17, 15) is 27.3 Å². The molecule has 3 heterocycles. The summed E-state index contributed by atoms with van der Waals surface area (Å²) in [5.74, 6) is 0.225. The van der Waals surface area contributed by atoms with E-state index in [0.717, 1.165) is 0 Å². The number of nitrogens with zero attached hydrogens (tertiary/aromatic N) is 4. The van der Waals surface area contributed by atoms with Crippen molar-refractivity contribution in [1.29, 1.82) is 5.26 Å². The van der Waals surface area contributed by atoms with Gasteiger partial charge in [-0.2, -0.15) is 5.26 Å². The molecule has 182 valence electrons. The van der Waals surface area contributed by atoms with Gasteiger partial charge in [0.2, 0.25) is 0 Å². The maximum absolute atomic E-state index is 13.6. The minimum atomic E-state index is -3.16. The number of halogens is 2. The van der Waals surface area contributed by atoms with Crippen molar-refractivity contribution >= 4 is 32.3 Å². The maximum Gasteiger partial charge on any atom is 0.264 e. The molecular weight excluding hydrogens is 476 g/mol. The molecule has 0 aliphatic carbocycles. The van der Waals surface area contributed by atoms with Crippen molar-refractivity contribution in [2.24, 2.45) is 7.05 Å². The van der Waals surface area contributed by atoms with E-state index < -0.39 is 22.3 Å². The van der Waals surface area contributed by atoms with Gasteiger partial charge in [-0.05, 0) is 36.1 Å². The number of hydrogen-bond acceptors (Lipinski definition) is 7. The Kier molecular flexibility index (Phi) is 6.67. The summed E-state index contributed by atoms with van der Waals surface area (Å²) in [6.45, 7) is 1.77. The summed E-state index contributed by atoms with van der Waals surface area (Å²) in [4.78, 5) is 21.6. The summed E-state index contributed by atoms with van der Waals surface area (Å²) in [6.07, 6.45) is 0.213. The Morgan fingerprint density at radius 2 is 2.00 bits per heavy atom. The Hall–Kier alpha value is -3.65. The second-order valence-electron chi connectivity index (χ2n) is 8.39. The average Bonchev–Trinajstić information content (AvgIpc) is 2.82. The molecule has 2 aromatic heterocycles. The van der Waals surface area contributed by atoms with Crippen LogP contribution in [0.2, 0.25) is 0 Å². The number of aromatic nitrogens is 3. The van der Waals surface area contributed by atoms with E-state index in [0.29, 0.717) is 33.6 Å². The fourth-order valence-corrected chi connectivity index (χ4v) is 5.49. The molecule has 35 heavy (non-hydrogen) atoms. The minimum absolute atomic E-state index is 0.0321. The van der Waals surface area contributed by atoms with Crippen LogP contribution in [0.3, 0.4) is 0 Å². The van der Waals surface area contributed by atoms with Crippen molar-refractivity contribution in [2.75, 3.05) is 16.8 Å². The van der Waals surface area contributed by atoms with Crippen LogP contribution >= 0.6 is 0 Å². The standard InChI is InChI=1S/C24H23F2N5O3S/c1-14(16-4-3-5-18(21(25)26)17(16)6-9-27)30-22-20-12-19(15-7-10-35(33,34)11-8-15)24(32)31(2)23(20)29-13-28-22/h3-5,7,12-14,21H,6,8,10-11H2,1-2H3,(H,28,29,30)/t14-/m1/s1. The molecule has 11 heteroatoms. The van der Waals surface area contributed by atoms with Gasteiger partial charge < -0.3 is 5.32 Å². The Bertz CT molecular complexity index is 1540. The van der Waals surface area contributed by atoms with Gasteiger partial charge in [-0.3, -0.25) is 9.36 Å². The molecule has 0 spiro atoms. The summed E-state index contributed by atoms with van der Waals surface area (Å²) < 4.78 is 52.1. The predicted molar refractivity (Wildman–Crippen MR) is 129 cm³/mol. The van der Waals surface area contributed by atoms with Gasteiger partial charge in [0.15, 0.2) is 9.84 Å². The number of allylic oxidation sites excluding steroid dienone is 1. The molecule has 1 aliphatic heterocycles. The number of fused-ring (bicyclic) bond motifs is 1. The van der Waals surface area contributed by atoms with Gasteiger partial charge in [-0.1, -0.05) is 24.3 Å². The molecule has 4 rings (SSSR count). The Morgan fingerprint density at radius 3 is 2.66 bits per heavy atom. The van der Waals surface area contributed by atoms with Gasteiger partial charge in [0.25, 0.3) is 12.0 Å². The van der Waals surface area contributed by atoms with Crippen LogP contribution in [-0.2, 0) is 23.3 Å². The van der Waals surface area contributed by atoms with E-state index in [1.54, 1.807) is 32.2 Å². The van der Waals surface area contributed by atoms with Gasteiger partial charge in [0.05, 0.1) is 35.4 Å². The lowest BCUT2D eigenvalue weighted by molar-refractivity contribution is 0.150. The third-order valence-electron chi connectivity index (χ3n) is 6.18. The Balaban J connectivity index is 1.80. The quantitative estimate of drug-likeness (QED) is 0.549. The summed E-state index contributed by atoms with van der Waals surface area (Å²) in [6, 6.07) is 7.64. The van der Waals surface area contributed by atoms with E-state index >= 15 is 0 Å². The molecule has 0 unspecified atom stereocenters. The fraction of sp³-hybridized carbons (Fsp3) is 0.333. The van der Waals surface area contributed by atoms with Gasteiger partial charge in [0.1, 0.15) is 17.8 Å². The van der Waals surface area contributed by atoms with E-state index in [-0.39, 0.29) is 41.0 Å². The van der Waals surface area contributed by atoms with Crippen LogP contribution < -0.4 is 10.9 Å². The summed E-state index contributed by atoms with van der Waals surface area (Å²) >= 11 is 0. The number of rotatable bonds is 6. The van der Waals surface area contributed by atoms with Gasteiger partial charge in [-0.25, -0.2) is 27.2 Å². The normalized spacial score (nSPS) is 16.1. The van der Waals surface area contributed by atoms with Crippen LogP contribution in [0.15, 0.2) is 41.5 Å². The maximum atomic E-state index is 13.6. The average molecular weight is 500 g/mol. The van der Waals surface area contributed by atoms with Crippen LogP contribution in [0.5, 0.6) is 0 Å². The van der Waals surface area contributed by atoms with Crippen LogP contribution in [0.25, 0.3) is 16.6 Å². The van der Waals surface area contributed by atoms with E-state index in [4.69, 9.17) is 0 Å². The lowest BCUT2D eigenvalue weighted by Crippen LogP contribution is -2.24. The topological polar surface area (TPSA) is 118 Å². The highest BCUT2D eigenvalue weighted by atomic mass is 32.2. The number of benzene rings is 1. The molecule has 1 atom stereocenters. The third kappa shape index (κ3) is 4.79. The van der Waals surface area contributed by atoms with E-state index in [1.807, 2.05) is 6.07 Å². The smallest absolute Gasteiger partial charge is 0.264 e. The van der Waals surface area contributed by atoms with Crippen LogP contribution in [-0.4, -0.2) is 34.5 Å². The number of aryl methyl sites for hydroxylation is 1. The first-order valence-electron chi connectivity index (χ1n) is 10.9. The van der Waals surface area contributed by atoms with Crippen molar-refractivity contribution < 1.29 is 17.2 Å². The molecule has 0 radical (unpaired) electrons. The second kappa shape index (κ2) is 9.54. The van der Waals surface area contributed by atoms with Crippen LogP contribution in [0, 0.1) is 11.3 Å². The molecule has 0 bridgehead atoms. The predicted octanol–water partition coefficient (Wildman–Crippen LogP) is 3.71. The van der Waals surface area contributed by atoms with Crippen molar-refractivity contribution in [1.82, 2.24) is 14.5 Å². The zero-order chi connectivity index (χ0) is 25.3. The molecule has 1 aromatic carbocycles. The van der Waals surface area contributed by atoms with E-state index in [2.05, 4.69) is 15.3 Å². The summed E-state index contributed by atoms with van der Waals surface area (Å²) in [5, 5.41) is 12.9. The largest absolute Gasteiger partial charge is 0.363 e. The molecule has 1 aliphatic rings. The lowest BCUT2D eigenvalue weighted by atomic mass is 9.94. The summed E-state index contributed by atoms with van der Waals surface area (Å²) in [7, 11) is -1.59. The first-order chi connectivity index (χ1) is 16.6. The lowest BCUT2D eigenvalue weighted by Gasteiger charge is -2.21. The van der Waals surface area contributed by atoms with Crippen molar-refractivity contribution in [3.8, 4) is 6.07 Å². The number of hydrogen-bond donors (Lipinski definition) is 1. The zero-order valence-corrected chi connectivity index (χ0v) is 19.9. The van der Waals surface area contributed by atoms with Crippen molar-refractivity contribution in [2.45, 2.75) is 32.2 Å². The molecule has 0 saturated carbocycles. The molecule has 0 fully saturated rings. The molecule has 0 amide bonds. The number of nitriles is 1. The number of nitrogens with one attached hydrogen (secondary N) is 1. The SMILES string of the molecule is C[C@@H](Nc1ncnc2c1cc(C1=CCS(=O)(=O)CC1)c(=O)n2C)c1cccc(C(F)F)c1CC#N. The van der Waals surface area contributed by atoms with Gasteiger partial charge in [-0.15, -0.1) is 0 Å². The number of pyridine rings is 1. The van der Waals surface area contributed by atoms with Crippen molar-refractivity contribution in [3.63, 3.8) is 0 Å². The Labute approximate surface area is 200 Å². The summed E-state index contributed by atoms with van der Waals surface area (Å²) in [5.41, 5.74) is 1.70. The third-order valence-corrected chi connectivity index (χ3v) is 7.68. The second-order valence-corrected chi connectivity index (χ2v) is 10.6. The molecule has 1 N–H and O–H groups in total. The van der Waals surface area contributed by atoms with Crippen LogP contribution in [0.1, 0.15) is 48.1 Å². The molecule has 3 aromatic rings. The highest BCUT2D eigenvalue weighted by Crippen LogP contribution is 2.32. The highest BCUT2D eigenvalue weighted by Gasteiger charge is 2.23. The highest BCUT2D eigenvalue weighted by molar-refractivity contribution is 7.91. The fourth-order valence-electron chi connectivity index (χ4n) is 4.34. The number of alkyl halides is 2. The van der Waals surface area contributed by atoms with Crippen LogP contribution in [0.4, 0.5) is 14.6 Å². The number of sulfone groups is 1. The Morgan fingerprint density at radius 1 is 1.26 bits per heavy atom. The van der Waals surface area contributed by atoms with Gasteiger partial charge >= 0.3 is 0 Å². The van der Waals surface area contributed by atoms with Gasteiger partial charge in [0, 0.05) is 18.2 Å². The molecule has 0 saturated heterocycles. The monoisotopic (exact) mass is 499 g/mol.